The average molecular weight is 437 g/mol. The van der Waals surface area contributed by atoms with E-state index in [0.29, 0.717) is 0 Å². The van der Waals surface area contributed by atoms with Gasteiger partial charge >= 0.3 is 12.1 Å². The van der Waals surface area contributed by atoms with Crippen LogP contribution >= 0.6 is 0 Å². The fourth-order valence-electron chi connectivity index (χ4n) is 3.04. The highest BCUT2D eigenvalue weighted by Gasteiger charge is 2.31. The molecule has 2 aromatic rings. The van der Waals surface area contributed by atoms with E-state index in [1.54, 1.807) is 6.92 Å². The lowest BCUT2D eigenvalue weighted by Crippen LogP contribution is -2.54. The van der Waals surface area contributed by atoms with Gasteiger partial charge in [0.05, 0.1) is 13.2 Å². The molecule has 0 aliphatic rings. The van der Waals surface area contributed by atoms with Gasteiger partial charge in [0.1, 0.15) is 18.7 Å². The molecule has 168 valence electrons. The van der Waals surface area contributed by atoms with Gasteiger partial charge in [0.25, 0.3) is 0 Å². The van der Waals surface area contributed by atoms with Crippen molar-refractivity contribution in [3.63, 3.8) is 0 Å². The van der Waals surface area contributed by atoms with Crippen LogP contribution in [0.15, 0.2) is 60.7 Å². The van der Waals surface area contributed by atoms with E-state index >= 15 is 0 Å². The Morgan fingerprint density at radius 3 is 2.12 bits per heavy atom. The molecular formula is C24H27N3O5. The molecule has 3 atom stereocenters. The SMILES string of the molecule is COC(=O)[C@@H](NC(=O)[C@H](Cc1ccccc1)NC(=O)OCc1ccccc1)[C@@H](C)CC#N. The molecule has 0 fully saturated rings. The van der Waals surface area contributed by atoms with Crippen molar-refractivity contribution in [2.45, 2.75) is 38.5 Å². The summed E-state index contributed by atoms with van der Waals surface area (Å²) in [7, 11) is 1.21. The van der Waals surface area contributed by atoms with Gasteiger partial charge in [-0.25, -0.2) is 9.59 Å². The van der Waals surface area contributed by atoms with Crippen LogP contribution in [0.5, 0.6) is 0 Å². The number of nitrogens with zero attached hydrogens (tertiary/aromatic N) is 1. The Morgan fingerprint density at radius 2 is 1.56 bits per heavy atom. The normalized spacial score (nSPS) is 13.0. The summed E-state index contributed by atoms with van der Waals surface area (Å²) < 4.78 is 10.0. The van der Waals surface area contributed by atoms with E-state index in [4.69, 9.17) is 14.7 Å². The molecule has 8 nitrogen and oxygen atoms in total. The number of alkyl carbamates (subject to hydrolysis) is 1. The monoisotopic (exact) mass is 437 g/mol. The number of rotatable bonds is 10. The Labute approximate surface area is 187 Å². The number of ether oxygens (including phenoxy) is 2. The number of nitrogens with one attached hydrogen (secondary N) is 2. The number of amides is 2. The largest absolute Gasteiger partial charge is 0.467 e. The Kier molecular flexibility index (Phi) is 9.72. The van der Waals surface area contributed by atoms with Gasteiger partial charge in [-0.1, -0.05) is 67.6 Å². The molecule has 0 heterocycles. The number of nitriles is 1. The predicted octanol–water partition coefficient (Wildman–Crippen LogP) is 2.73. The lowest BCUT2D eigenvalue weighted by Gasteiger charge is -2.25. The molecule has 0 aliphatic carbocycles. The molecule has 0 saturated carbocycles. The van der Waals surface area contributed by atoms with E-state index in [1.165, 1.54) is 7.11 Å². The summed E-state index contributed by atoms with van der Waals surface area (Å²) in [6.07, 6.45) is -0.520. The number of carbonyl (C=O) groups excluding carboxylic acids is 3. The highest BCUT2D eigenvalue weighted by Crippen LogP contribution is 2.11. The van der Waals surface area contributed by atoms with Crippen LogP contribution in [0.25, 0.3) is 0 Å². The maximum atomic E-state index is 13.0. The van der Waals surface area contributed by atoms with E-state index in [1.807, 2.05) is 66.7 Å². The molecule has 32 heavy (non-hydrogen) atoms. The molecule has 8 heteroatoms. The van der Waals surface area contributed by atoms with Crippen molar-refractivity contribution in [2.24, 2.45) is 5.92 Å². The topological polar surface area (TPSA) is 118 Å². The van der Waals surface area contributed by atoms with Gasteiger partial charge in [-0.05, 0) is 11.1 Å². The fourth-order valence-corrected chi connectivity index (χ4v) is 3.04. The Bertz CT molecular complexity index is 928. The zero-order valence-corrected chi connectivity index (χ0v) is 18.1. The van der Waals surface area contributed by atoms with Gasteiger partial charge in [0, 0.05) is 18.8 Å². The van der Waals surface area contributed by atoms with Gasteiger partial charge in [-0.2, -0.15) is 5.26 Å². The molecule has 0 unspecified atom stereocenters. The third-order valence-electron chi connectivity index (χ3n) is 4.84. The van der Waals surface area contributed by atoms with Crippen LogP contribution in [0.2, 0.25) is 0 Å². The zero-order chi connectivity index (χ0) is 23.3. The highest BCUT2D eigenvalue weighted by atomic mass is 16.5. The molecular weight excluding hydrogens is 410 g/mol. The quantitative estimate of drug-likeness (QED) is 0.552. The average Bonchev–Trinajstić information content (AvgIpc) is 2.81. The van der Waals surface area contributed by atoms with Crippen LogP contribution in [0.4, 0.5) is 4.79 Å². The molecule has 2 rings (SSSR count). The second-order valence-corrected chi connectivity index (χ2v) is 7.30. The smallest absolute Gasteiger partial charge is 0.408 e. The van der Waals surface area contributed by atoms with Gasteiger partial charge in [0.15, 0.2) is 0 Å². The van der Waals surface area contributed by atoms with Gasteiger partial charge in [-0.15, -0.1) is 0 Å². The van der Waals surface area contributed by atoms with Gasteiger partial charge in [-0.3, -0.25) is 4.79 Å². The van der Waals surface area contributed by atoms with E-state index in [9.17, 15) is 14.4 Å². The number of methoxy groups -OCH3 is 1. The van der Waals surface area contributed by atoms with Crippen molar-refractivity contribution in [3.05, 3.63) is 71.8 Å². The van der Waals surface area contributed by atoms with Gasteiger partial charge < -0.3 is 20.1 Å². The van der Waals surface area contributed by atoms with E-state index in [0.717, 1.165) is 11.1 Å². The first-order chi connectivity index (χ1) is 15.4. The van der Waals surface area contributed by atoms with Gasteiger partial charge in [0.2, 0.25) is 5.91 Å². The van der Waals surface area contributed by atoms with E-state index < -0.39 is 36.0 Å². The highest BCUT2D eigenvalue weighted by molar-refractivity contribution is 5.90. The minimum Gasteiger partial charge on any atom is -0.467 e. The van der Waals surface area contributed by atoms with Crippen molar-refractivity contribution in [3.8, 4) is 6.07 Å². The summed E-state index contributed by atoms with van der Waals surface area (Å²) in [4.78, 5) is 37.6. The summed E-state index contributed by atoms with van der Waals surface area (Å²) in [5.74, 6) is -1.71. The number of hydrogen-bond acceptors (Lipinski definition) is 6. The maximum Gasteiger partial charge on any atom is 0.408 e. The Hall–Kier alpha value is -3.86. The van der Waals surface area contributed by atoms with Crippen molar-refractivity contribution in [1.82, 2.24) is 10.6 Å². The van der Waals surface area contributed by atoms with Crippen LogP contribution in [0.1, 0.15) is 24.5 Å². The molecule has 2 N–H and O–H groups in total. The fraction of sp³-hybridized carbons (Fsp3) is 0.333. The first kappa shape index (κ1) is 24.4. The Morgan fingerprint density at radius 1 is 0.969 bits per heavy atom. The summed E-state index contributed by atoms with van der Waals surface area (Å²) >= 11 is 0. The molecule has 0 aliphatic heterocycles. The number of esters is 1. The minimum absolute atomic E-state index is 0.0515. The summed E-state index contributed by atoms with van der Waals surface area (Å²) in [6.45, 7) is 1.72. The summed E-state index contributed by atoms with van der Waals surface area (Å²) in [6, 6.07) is 18.3. The molecule has 0 bridgehead atoms. The predicted molar refractivity (Wildman–Crippen MR) is 117 cm³/mol. The summed E-state index contributed by atoms with van der Waals surface area (Å²) in [5.41, 5.74) is 1.62. The Balaban J connectivity index is 2.11. The number of hydrogen-bond donors (Lipinski definition) is 2. The van der Waals surface area contributed by atoms with Crippen molar-refractivity contribution in [2.75, 3.05) is 7.11 Å². The lowest BCUT2D eigenvalue weighted by molar-refractivity contribution is -0.146. The third kappa shape index (κ3) is 7.76. The molecule has 0 spiro atoms. The van der Waals surface area contributed by atoms with Crippen LogP contribution in [0, 0.1) is 17.2 Å². The summed E-state index contributed by atoms with van der Waals surface area (Å²) in [5, 5.41) is 14.2. The molecule has 0 radical (unpaired) electrons. The second-order valence-electron chi connectivity index (χ2n) is 7.30. The zero-order valence-electron chi connectivity index (χ0n) is 18.1. The van der Waals surface area contributed by atoms with Crippen LogP contribution in [0.3, 0.4) is 0 Å². The molecule has 0 aromatic heterocycles. The maximum absolute atomic E-state index is 13.0. The molecule has 2 aromatic carbocycles. The van der Waals surface area contributed by atoms with Crippen molar-refractivity contribution < 1.29 is 23.9 Å². The van der Waals surface area contributed by atoms with Crippen molar-refractivity contribution in [1.29, 1.82) is 5.26 Å². The van der Waals surface area contributed by atoms with Crippen LogP contribution < -0.4 is 10.6 Å². The number of carbonyl (C=O) groups is 3. The first-order valence-electron chi connectivity index (χ1n) is 10.2. The first-order valence-corrected chi connectivity index (χ1v) is 10.2. The van der Waals surface area contributed by atoms with E-state index in [-0.39, 0.29) is 19.4 Å². The van der Waals surface area contributed by atoms with Crippen LogP contribution in [-0.4, -0.2) is 37.2 Å². The van der Waals surface area contributed by atoms with E-state index in [2.05, 4.69) is 10.6 Å². The van der Waals surface area contributed by atoms with Crippen molar-refractivity contribution >= 4 is 18.0 Å². The molecule has 2 amide bonds. The lowest BCUT2D eigenvalue weighted by atomic mass is 9.98. The third-order valence-corrected chi connectivity index (χ3v) is 4.84. The number of benzene rings is 2. The molecule has 0 saturated heterocycles. The van der Waals surface area contributed by atoms with Crippen LogP contribution in [-0.2, 0) is 32.1 Å². The minimum atomic E-state index is -1.02. The standard InChI is InChI=1S/C24H27N3O5/c1-17(13-14-25)21(23(29)31-2)27-22(28)20(15-18-9-5-3-6-10-18)26-24(30)32-16-19-11-7-4-8-12-19/h3-12,17,20-21H,13,15-16H2,1-2H3,(H,26,30)(H,27,28)/t17-,20-,21-/m0/s1. The second kappa shape index (κ2) is 12.7.